The molecule has 0 fully saturated rings. The van der Waals surface area contributed by atoms with Gasteiger partial charge in [0, 0.05) is 0 Å². The first-order valence-electron chi connectivity index (χ1n) is 13.1. The Hall–Kier alpha value is -5.37. The van der Waals surface area contributed by atoms with Gasteiger partial charge < -0.3 is 74.3 Å². The van der Waals surface area contributed by atoms with Crippen LogP contribution < -0.4 is 15.3 Å². The Morgan fingerprint density at radius 3 is 0.582 bits per heavy atom. The van der Waals surface area contributed by atoms with Crippen LogP contribution in [0.3, 0.4) is 0 Å². The van der Waals surface area contributed by atoms with Crippen molar-refractivity contribution in [1.82, 2.24) is 0 Å². The molecule has 0 saturated heterocycles. The molecule has 0 aromatic rings. The number of carboxylic acid groups (broad SMARTS) is 6. The first-order chi connectivity index (χ1) is 25.8. The van der Waals surface area contributed by atoms with E-state index in [1.54, 1.807) is 0 Å². The van der Waals surface area contributed by atoms with Crippen LogP contribution in [0.1, 0.15) is 0 Å². The van der Waals surface area contributed by atoms with Gasteiger partial charge in [-0.15, -0.1) is 0 Å². The van der Waals surface area contributed by atoms with Gasteiger partial charge in [0.1, 0.15) is 37.6 Å². The van der Waals surface area contributed by atoms with E-state index in [2.05, 4.69) is 88.9 Å². The largest absolute Gasteiger partial charge is 3.00 e. The van der Waals surface area contributed by atoms with E-state index in [0.29, 0.717) is 0 Å². The average Bonchev–Trinajstić information content (AvgIpc) is 3.21. The SMILES string of the molecule is O=C(O)C1C=COOO1.O=C(O)C1C=COOO1.O=C(O)C1C=COOO1.O=C([O-])C1C=COOO1.O=C([O-])C1C=COOO1.O=C([O-])C1C=COOO1.[U+3]. The molecule has 55 heavy (non-hydrogen) atoms. The first kappa shape index (κ1) is 49.6. The molecule has 0 bridgehead atoms. The van der Waals surface area contributed by atoms with E-state index in [9.17, 15) is 44.1 Å². The molecule has 6 rings (SSSR count). The van der Waals surface area contributed by atoms with E-state index in [4.69, 9.17) is 15.3 Å². The van der Waals surface area contributed by atoms with Gasteiger partial charge >= 0.3 is 49.0 Å². The van der Waals surface area contributed by atoms with E-state index in [-0.39, 0.29) is 31.1 Å². The van der Waals surface area contributed by atoms with Crippen LogP contribution in [0.2, 0.25) is 0 Å². The second-order valence-electron chi connectivity index (χ2n) is 8.03. The van der Waals surface area contributed by atoms with Gasteiger partial charge in [0.25, 0.3) is 0 Å². The summed E-state index contributed by atoms with van der Waals surface area (Å²) >= 11 is 0. The van der Waals surface area contributed by atoms with Crippen molar-refractivity contribution < 1.29 is 179 Å². The maximum absolute atomic E-state index is 10.0. The van der Waals surface area contributed by atoms with Crippen LogP contribution in [0.4, 0.5) is 0 Å². The summed E-state index contributed by atoms with van der Waals surface area (Å²) in [6.45, 7) is 0. The molecule has 0 aromatic carbocycles. The molecule has 6 heterocycles. The summed E-state index contributed by atoms with van der Waals surface area (Å²) in [5.74, 6) is -7.45. The Morgan fingerprint density at radius 1 is 0.345 bits per heavy atom. The molecule has 301 valence electrons. The second-order valence-corrected chi connectivity index (χ2v) is 8.03. The van der Waals surface area contributed by atoms with Crippen LogP contribution in [0.25, 0.3) is 0 Å². The van der Waals surface area contributed by atoms with Crippen molar-refractivity contribution >= 4 is 35.8 Å². The van der Waals surface area contributed by atoms with Crippen molar-refractivity contribution in [2.45, 2.75) is 36.6 Å². The van der Waals surface area contributed by atoms with Crippen LogP contribution in [0.5, 0.6) is 0 Å². The number of rotatable bonds is 6. The molecule has 0 aliphatic carbocycles. The molecular weight excluding hydrogens is 1010 g/mol. The second kappa shape index (κ2) is 30.0. The molecule has 6 unspecified atom stereocenters. The van der Waals surface area contributed by atoms with E-state index in [1.807, 2.05) is 0 Å². The Kier molecular flexibility index (Phi) is 27.1. The van der Waals surface area contributed by atoms with Crippen LogP contribution in [0, 0.1) is 31.1 Å². The minimum absolute atomic E-state index is 0. The standard InChI is InChI=1S/6C4H4O5.U/c6*5-4(6)3-1-2-7-9-8-3;/h6*1-3H,(H,5,6);/q;;;;;;+3/p-3. The zero-order chi connectivity index (χ0) is 40.1. The fraction of sp³-hybridized carbons (Fsp3) is 0.250. The number of hydrogen-bond donors (Lipinski definition) is 3. The fourth-order valence-corrected chi connectivity index (χ4v) is 2.06. The van der Waals surface area contributed by atoms with Crippen LogP contribution >= 0.6 is 0 Å². The molecule has 3 N–H and O–H groups in total. The maximum Gasteiger partial charge on any atom is 3.00 e. The van der Waals surface area contributed by atoms with Gasteiger partial charge in [0.05, 0.1) is 17.9 Å². The number of carboxylic acids is 6. The molecule has 31 heteroatoms. The molecule has 6 aliphatic rings. The molecular formula is C24H21O30U. The Balaban J connectivity index is 0.000000634. The van der Waals surface area contributed by atoms with Crippen LogP contribution in [0.15, 0.2) is 74.0 Å². The summed E-state index contributed by atoms with van der Waals surface area (Å²) < 4.78 is 0. The Bertz CT molecular complexity index is 1110. The average molecular weight is 1030 g/mol. The van der Waals surface area contributed by atoms with Crippen LogP contribution in [-0.2, 0) is 118 Å². The summed E-state index contributed by atoms with van der Waals surface area (Å²) in [4.78, 5) is 109. The molecule has 0 spiro atoms. The van der Waals surface area contributed by atoms with E-state index < -0.39 is 72.4 Å². The van der Waals surface area contributed by atoms with Gasteiger partial charge in [-0.05, 0) is 66.7 Å². The molecule has 0 amide bonds. The summed E-state index contributed by atoms with van der Waals surface area (Å²) in [6.07, 6.45) is 6.90. The maximum atomic E-state index is 10.0. The number of aliphatic carboxylic acids is 6. The molecule has 6 atom stereocenters. The minimum atomic E-state index is -1.37. The van der Waals surface area contributed by atoms with Crippen molar-refractivity contribution in [1.29, 1.82) is 0 Å². The van der Waals surface area contributed by atoms with Gasteiger partial charge in [-0.2, -0.15) is 29.3 Å². The number of carbonyl (C=O) groups excluding carboxylic acids is 3. The monoisotopic (exact) mass is 1030 g/mol. The van der Waals surface area contributed by atoms with Gasteiger partial charge in [0.2, 0.25) is 18.3 Å². The molecule has 1 radical (unpaired) electrons. The normalized spacial score (nSPS) is 24.7. The molecule has 0 saturated carbocycles. The van der Waals surface area contributed by atoms with Crippen molar-refractivity contribution in [2.75, 3.05) is 0 Å². The topological polar surface area (TPSA) is 398 Å². The third-order valence-corrected chi connectivity index (χ3v) is 4.37. The van der Waals surface area contributed by atoms with Crippen molar-refractivity contribution in [2.24, 2.45) is 0 Å². The first-order valence-corrected chi connectivity index (χ1v) is 13.1. The van der Waals surface area contributed by atoms with Crippen molar-refractivity contribution in [3.8, 4) is 0 Å². The quantitative estimate of drug-likeness (QED) is 0.210. The van der Waals surface area contributed by atoms with Gasteiger partial charge in [-0.3, -0.25) is 0 Å². The van der Waals surface area contributed by atoms with Crippen LogP contribution in [-0.4, -0.2) is 87.8 Å². The minimum Gasteiger partial charge on any atom is -0.547 e. The summed E-state index contributed by atoms with van der Waals surface area (Å²) in [5.41, 5.74) is 0. The predicted octanol–water partition coefficient (Wildman–Crippen LogP) is -4.92. The third-order valence-electron chi connectivity index (χ3n) is 4.37. The van der Waals surface area contributed by atoms with Gasteiger partial charge in [0.15, 0.2) is 18.3 Å². The smallest absolute Gasteiger partial charge is 0.547 e. The summed E-state index contributed by atoms with van der Waals surface area (Å²) in [5, 5.41) is 77.6. The predicted molar refractivity (Wildman–Crippen MR) is 135 cm³/mol. The Labute approximate surface area is 325 Å². The Morgan fingerprint density at radius 2 is 0.509 bits per heavy atom. The summed E-state index contributed by atoms with van der Waals surface area (Å²) in [6, 6.07) is 0. The number of hydrogen-bond acceptors (Lipinski definition) is 27. The zero-order valence-electron chi connectivity index (χ0n) is 26.3. The van der Waals surface area contributed by atoms with Crippen molar-refractivity contribution in [3.05, 3.63) is 74.0 Å². The van der Waals surface area contributed by atoms with E-state index in [1.165, 1.54) is 18.2 Å². The van der Waals surface area contributed by atoms with E-state index >= 15 is 0 Å². The van der Waals surface area contributed by atoms with E-state index in [0.717, 1.165) is 55.8 Å². The van der Waals surface area contributed by atoms with Gasteiger partial charge in [-0.25, -0.2) is 14.4 Å². The number of carbonyl (C=O) groups is 6. The fourth-order valence-electron chi connectivity index (χ4n) is 2.06. The van der Waals surface area contributed by atoms with Gasteiger partial charge in [-0.1, -0.05) is 0 Å². The third kappa shape index (κ3) is 23.8. The zero-order valence-corrected chi connectivity index (χ0v) is 30.4. The molecule has 30 nitrogen and oxygen atoms in total. The summed E-state index contributed by atoms with van der Waals surface area (Å²) in [7, 11) is 0. The molecule has 0 aromatic heterocycles. The van der Waals surface area contributed by atoms with Crippen molar-refractivity contribution in [3.63, 3.8) is 0 Å². The molecule has 6 aliphatic heterocycles.